The zero-order valence-electron chi connectivity index (χ0n) is 16.4. The maximum absolute atomic E-state index is 14.1. The van der Waals surface area contributed by atoms with Crippen LogP contribution in [0.3, 0.4) is 0 Å². The van der Waals surface area contributed by atoms with Gasteiger partial charge in [0.1, 0.15) is 11.6 Å². The Kier molecular flexibility index (Phi) is 6.57. The average Bonchev–Trinajstić information content (AvgIpc) is 3.13. The molecule has 0 aliphatic carbocycles. The first-order valence-electron chi connectivity index (χ1n) is 9.26. The highest BCUT2D eigenvalue weighted by Gasteiger charge is 2.25. The van der Waals surface area contributed by atoms with E-state index in [1.807, 2.05) is 32.3 Å². The molecule has 2 aromatic rings. The fourth-order valence-electron chi connectivity index (χ4n) is 3.28. The SMILES string of the molecule is CN=C(NCc1ccc(N(C)C)c(F)c1)NC1CCN(c2ncccc2Cl)C1. The van der Waals surface area contributed by atoms with E-state index >= 15 is 0 Å². The molecular weight excluding hydrogens is 379 g/mol. The number of aromatic nitrogens is 1. The van der Waals surface area contributed by atoms with Crippen LogP contribution in [0.15, 0.2) is 41.5 Å². The van der Waals surface area contributed by atoms with Crippen molar-refractivity contribution >= 4 is 29.1 Å². The Bertz CT molecular complexity index is 841. The maximum atomic E-state index is 14.1. The molecule has 1 saturated heterocycles. The highest BCUT2D eigenvalue weighted by molar-refractivity contribution is 6.32. The van der Waals surface area contributed by atoms with Crippen molar-refractivity contribution in [2.75, 3.05) is 44.0 Å². The van der Waals surface area contributed by atoms with E-state index in [4.69, 9.17) is 11.6 Å². The number of rotatable bonds is 5. The second-order valence-corrected chi connectivity index (χ2v) is 7.40. The Balaban J connectivity index is 1.54. The molecule has 0 radical (unpaired) electrons. The monoisotopic (exact) mass is 404 g/mol. The number of halogens is 2. The summed E-state index contributed by atoms with van der Waals surface area (Å²) in [5.74, 6) is 1.27. The summed E-state index contributed by atoms with van der Waals surface area (Å²) in [7, 11) is 5.38. The molecule has 2 heterocycles. The number of pyridine rings is 1. The van der Waals surface area contributed by atoms with Gasteiger partial charge in [-0.2, -0.15) is 0 Å². The minimum absolute atomic E-state index is 0.231. The Morgan fingerprint density at radius 3 is 2.89 bits per heavy atom. The molecule has 6 nitrogen and oxygen atoms in total. The largest absolute Gasteiger partial charge is 0.375 e. The molecule has 1 atom stereocenters. The van der Waals surface area contributed by atoms with E-state index in [2.05, 4.69) is 25.5 Å². The highest BCUT2D eigenvalue weighted by Crippen LogP contribution is 2.25. The minimum atomic E-state index is -0.231. The van der Waals surface area contributed by atoms with Gasteiger partial charge in [-0.15, -0.1) is 0 Å². The molecule has 150 valence electrons. The van der Waals surface area contributed by atoms with Crippen molar-refractivity contribution in [3.63, 3.8) is 0 Å². The molecule has 1 aliphatic rings. The van der Waals surface area contributed by atoms with Crippen molar-refractivity contribution in [2.45, 2.75) is 19.0 Å². The van der Waals surface area contributed by atoms with E-state index in [9.17, 15) is 4.39 Å². The predicted molar refractivity (Wildman–Crippen MR) is 114 cm³/mol. The fraction of sp³-hybridized carbons (Fsp3) is 0.400. The van der Waals surface area contributed by atoms with Gasteiger partial charge in [-0.3, -0.25) is 4.99 Å². The van der Waals surface area contributed by atoms with Crippen LogP contribution in [0.5, 0.6) is 0 Å². The average molecular weight is 405 g/mol. The molecule has 0 amide bonds. The van der Waals surface area contributed by atoms with Gasteiger partial charge in [-0.05, 0) is 36.2 Å². The van der Waals surface area contributed by atoms with Gasteiger partial charge in [-0.1, -0.05) is 17.7 Å². The van der Waals surface area contributed by atoms with Gasteiger partial charge in [0.15, 0.2) is 5.96 Å². The van der Waals surface area contributed by atoms with E-state index in [0.29, 0.717) is 23.2 Å². The molecule has 1 unspecified atom stereocenters. The van der Waals surface area contributed by atoms with Gasteiger partial charge < -0.3 is 20.4 Å². The number of aliphatic imine (C=N–C) groups is 1. The van der Waals surface area contributed by atoms with Crippen LogP contribution in [0.4, 0.5) is 15.9 Å². The van der Waals surface area contributed by atoms with Crippen LogP contribution in [-0.4, -0.2) is 51.2 Å². The quantitative estimate of drug-likeness (QED) is 0.592. The van der Waals surface area contributed by atoms with Crippen LogP contribution in [0.25, 0.3) is 0 Å². The number of hydrogen-bond donors (Lipinski definition) is 2. The molecule has 1 aromatic heterocycles. The summed E-state index contributed by atoms with van der Waals surface area (Å²) < 4.78 is 14.1. The van der Waals surface area contributed by atoms with Gasteiger partial charge >= 0.3 is 0 Å². The third-order valence-corrected chi connectivity index (χ3v) is 5.04. The van der Waals surface area contributed by atoms with Crippen LogP contribution in [-0.2, 0) is 6.54 Å². The van der Waals surface area contributed by atoms with Gasteiger partial charge in [0.2, 0.25) is 0 Å². The zero-order chi connectivity index (χ0) is 20.1. The Morgan fingerprint density at radius 1 is 1.39 bits per heavy atom. The number of benzene rings is 1. The van der Waals surface area contributed by atoms with Gasteiger partial charge in [0, 0.05) is 53.0 Å². The lowest BCUT2D eigenvalue weighted by molar-refractivity contribution is 0.621. The lowest BCUT2D eigenvalue weighted by Crippen LogP contribution is -2.44. The molecular formula is C20H26ClFN6. The summed E-state index contributed by atoms with van der Waals surface area (Å²) in [5, 5.41) is 7.34. The molecule has 3 rings (SSSR count). The highest BCUT2D eigenvalue weighted by atomic mass is 35.5. The molecule has 8 heteroatoms. The lowest BCUT2D eigenvalue weighted by atomic mass is 10.2. The third-order valence-electron chi connectivity index (χ3n) is 4.75. The van der Waals surface area contributed by atoms with Crippen molar-refractivity contribution < 1.29 is 4.39 Å². The lowest BCUT2D eigenvalue weighted by Gasteiger charge is -2.20. The number of guanidine groups is 1. The van der Waals surface area contributed by atoms with Crippen molar-refractivity contribution in [1.82, 2.24) is 15.6 Å². The van der Waals surface area contributed by atoms with Crippen molar-refractivity contribution in [2.24, 2.45) is 4.99 Å². The standard InChI is InChI=1S/C20H26ClFN6/c1-23-20(25-12-14-6-7-18(27(2)3)17(22)11-14)26-15-8-10-28(13-15)19-16(21)5-4-9-24-19/h4-7,9,11,15H,8,10,12-13H2,1-3H3,(H2,23,25,26). The molecule has 0 bridgehead atoms. The van der Waals surface area contributed by atoms with Gasteiger partial charge in [0.25, 0.3) is 0 Å². The summed E-state index contributed by atoms with van der Waals surface area (Å²) in [4.78, 5) is 12.6. The smallest absolute Gasteiger partial charge is 0.191 e. The van der Waals surface area contributed by atoms with Crippen LogP contribution in [0, 0.1) is 5.82 Å². The molecule has 1 aromatic carbocycles. The van der Waals surface area contributed by atoms with Crippen LogP contribution >= 0.6 is 11.6 Å². The molecule has 2 N–H and O–H groups in total. The zero-order valence-corrected chi connectivity index (χ0v) is 17.2. The molecule has 1 fully saturated rings. The second kappa shape index (κ2) is 9.10. The number of nitrogens with zero attached hydrogens (tertiary/aromatic N) is 4. The second-order valence-electron chi connectivity index (χ2n) is 6.99. The predicted octanol–water partition coefficient (Wildman–Crippen LogP) is 2.88. The molecule has 1 aliphatic heterocycles. The molecule has 28 heavy (non-hydrogen) atoms. The van der Waals surface area contributed by atoms with Crippen LogP contribution < -0.4 is 20.4 Å². The van der Waals surface area contributed by atoms with E-state index in [1.54, 1.807) is 30.3 Å². The number of anilines is 2. The first kappa shape index (κ1) is 20.2. The van der Waals surface area contributed by atoms with E-state index in [1.165, 1.54) is 0 Å². The molecule has 0 saturated carbocycles. The summed E-state index contributed by atoms with van der Waals surface area (Å²) in [5.41, 5.74) is 1.44. The Labute approximate surface area is 170 Å². The van der Waals surface area contributed by atoms with Crippen LogP contribution in [0.1, 0.15) is 12.0 Å². The molecule has 0 spiro atoms. The number of hydrogen-bond acceptors (Lipinski definition) is 4. The van der Waals surface area contributed by atoms with E-state index in [-0.39, 0.29) is 11.9 Å². The summed E-state index contributed by atoms with van der Waals surface area (Å²) in [6.45, 7) is 2.17. The normalized spacial score (nSPS) is 17.0. The third kappa shape index (κ3) is 4.84. The van der Waals surface area contributed by atoms with E-state index in [0.717, 1.165) is 30.9 Å². The fourth-order valence-corrected chi connectivity index (χ4v) is 3.52. The van der Waals surface area contributed by atoms with Gasteiger partial charge in [0.05, 0.1) is 10.7 Å². The van der Waals surface area contributed by atoms with Crippen molar-refractivity contribution in [1.29, 1.82) is 0 Å². The summed E-state index contributed by atoms with van der Waals surface area (Å²) in [6, 6.07) is 9.17. The Hall–Kier alpha value is -2.54. The van der Waals surface area contributed by atoms with Crippen molar-refractivity contribution in [3.05, 3.63) is 52.9 Å². The first-order chi connectivity index (χ1) is 13.5. The first-order valence-corrected chi connectivity index (χ1v) is 9.64. The van der Waals surface area contributed by atoms with Gasteiger partial charge in [-0.25, -0.2) is 9.37 Å². The summed E-state index contributed by atoms with van der Waals surface area (Å²) >= 11 is 6.25. The van der Waals surface area contributed by atoms with Crippen molar-refractivity contribution in [3.8, 4) is 0 Å². The summed E-state index contributed by atoms with van der Waals surface area (Å²) in [6.07, 6.45) is 2.71. The topological polar surface area (TPSA) is 55.8 Å². The number of nitrogens with one attached hydrogen (secondary N) is 2. The van der Waals surface area contributed by atoms with E-state index < -0.39 is 0 Å². The minimum Gasteiger partial charge on any atom is -0.375 e. The maximum Gasteiger partial charge on any atom is 0.191 e. The Morgan fingerprint density at radius 2 is 2.21 bits per heavy atom. The van der Waals surface area contributed by atoms with Crippen LogP contribution in [0.2, 0.25) is 5.02 Å².